The van der Waals surface area contributed by atoms with Gasteiger partial charge in [0.05, 0.1) is 6.33 Å². The molecular formula is C15H26N4. The Morgan fingerprint density at radius 2 is 2.05 bits per heavy atom. The molecule has 2 aliphatic rings. The minimum atomic E-state index is 0.450. The first-order valence-electron chi connectivity index (χ1n) is 7.80. The molecular weight excluding hydrogens is 236 g/mol. The lowest BCUT2D eigenvalue weighted by Crippen LogP contribution is -2.49. The van der Waals surface area contributed by atoms with Gasteiger partial charge in [-0.15, -0.1) is 0 Å². The van der Waals surface area contributed by atoms with Gasteiger partial charge in [0, 0.05) is 31.0 Å². The van der Waals surface area contributed by atoms with E-state index in [2.05, 4.69) is 26.0 Å². The van der Waals surface area contributed by atoms with Crippen molar-refractivity contribution in [1.29, 1.82) is 0 Å². The number of rotatable bonds is 4. The van der Waals surface area contributed by atoms with Gasteiger partial charge in [-0.25, -0.2) is 4.98 Å². The van der Waals surface area contributed by atoms with Crippen molar-refractivity contribution in [2.75, 3.05) is 26.2 Å². The molecule has 1 aliphatic heterocycles. The molecule has 1 aromatic rings. The third-order valence-corrected chi connectivity index (χ3v) is 4.69. The minimum absolute atomic E-state index is 0.450. The zero-order valence-corrected chi connectivity index (χ0v) is 11.9. The van der Waals surface area contributed by atoms with E-state index in [1.54, 1.807) is 0 Å². The van der Waals surface area contributed by atoms with Gasteiger partial charge in [-0.3, -0.25) is 0 Å². The molecule has 4 heteroatoms. The molecule has 1 aromatic heterocycles. The van der Waals surface area contributed by atoms with Crippen LogP contribution in [0.3, 0.4) is 0 Å². The van der Waals surface area contributed by atoms with Crippen molar-refractivity contribution in [1.82, 2.24) is 19.8 Å². The summed E-state index contributed by atoms with van der Waals surface area (Å²) in [5.41, 5.74) is 0.450. The van der Waals surface area contributed by atoms with Crippen LogP contribution in [0.1, 0.15) is 38.5 Å². The van der Waals surface area contributed by atoms with E-state index in [9.17, 15) is 0 Å². The Morgan fingerprint density at radius 1 is 1.16 bits per heavy atom. The molecule has 0 bridgehead atoms. The Hall–Kier alpha value is -0.870. The Bertz CT molecular complexity index is 368. The molecule has 106 valence electrons. The maximum Gasteiger partial charge on any atom is 0.0945 e. The van der Waals surface area contributed by atoms with E-state index in [1.165, 1.54) is 64.7 Å². The average Bonchev–Trinajstić information content (AvgIpc) is 3.02. The fraction of sp³-hybridized carbons (Fsp3) is 0.800. The summed E-state index contributed by atoms with van der Waals surface area (Å²) in [7, 11) is 0. The van der Waals surface area contributed by atoms with Crippen molar-refractivity contribution in [3.05, 3.63) is 18.7 Å². The fourth-order valence-corrected chi connectivity index (χ4v) is 3.69. The van der Waals surface area contributed by atoms with Crippen LogP contribution in [0.25, 0.3) is 0 Å². The van der Waals surface area contributed by atoms with E-state index in [4.69, 9.17) is 0 Å². The SMILES string of the molecule is c1cn(CCCN2CCCNC3(CCCC3)C2)cn1. The van der Waals surface area contributed by atoms with Gasteiger partial charge in [0.2, 0.25) is 0 Å². The van der Waals surface area contributed by atoms with Crippen LogP contribution < -0.4 is 5.32 Å². The lowest BCUT2D eigenvalue weighted by Gasteiger charge is -2.33. The largest absolute Gasteiger partial charge is 0.337 e. The smallest absolute Gasteiger partial charge is 0.0945 e. The minimum Gasteiger partial charge on any atom is -0.337 e. The molecule has 0 aromatic carbocycles. The molecule has 0 radical (unpaired) electrons. The van der Waals surface area contributed by atoms with E-state index in [0.29, 0.717) is 5.54 Å². The molecule has 2 fully saturated rings. The highest BCUT2D eigenvalue weighted by Crippen LogP contribution is 2.31. The lowest BCUT2D eigenvalue weighted by molar-refractivity contribution is 0.205. The van der Waals surface area contributed by atoms with Crippen LogP contribution in [0.15, 0.2) is 18.7 Å². The number of nitrogens with one attached hydrogen (secondary N) is 1. The standard InChI is InChI=1S/C15H26N4/c1-2-6-15(5-1)13-18(9-3-7-17-15)10-4-11-19-12-8-16-14-19/h8,12,14,17H,1-7,9-11,13H2. The van der Waals surface area contributed by atoms with Gasteiger partial charge in [-0.2, -0.15) is 0 Å². The molecule has 3 rings (SSSR count). The topological polar surface area (TPSA) is 33.1 Å². The summed E-state index contributed by atoms with van der Waals surface area (Å²) in [6.07, 6.45) is 14.0. The summed E-state index contributed by atoms with van der Waals surface area (Å²) < 4.78 is 2.18. The summed E-state index contributed by atoms with van der Waals surface area (Å²) in [6, 6.07) is 0. The highest BCUT2D eigenvalue weighted by Gasteiger charge is 2.35. The zero-order chi connectivity index (χ0) is 13.0. The van der Waals surface area contributed by atoms with Crippen molar-refractivity contribution in [3.8, 4) is 0 Å². The van der Waals surface area contributed by atoms with E-state index in [0.717, 1.165) is 6.54 Å². The van der Waals surface area contributed by atoms with E-state index in [-0.39, 0.29) is 0 Å². The summed E-state index contributed by atoms with van der Waals surface area (Å²) in [5.74, 6) is 0. The third kappa shape index (κ3) is 3.37. The molecule has 0 atom stereocenters. The maximum atomic E-state index is 4.10. The molecule has 19 heavy (non-hydrogen) atoms. The first kappa shape index (κ1) is 13.1. The Balaban J connectivity index is 1.49. The lowest BCUT2D eigenvalue weighted by atomic mass is 9.97. The molecule has 1 saturated carbocycles. The summed E-state index contributed by atoms with van der Waals surface area (Å²) in [5, 5.41) is 3.83. The van der Waals surface area contributed by atoms with Crippen LogP contribution in [0, 0.1) is 0 Å². The average molecular weight is 262 g/mol. The quantitative estimate of drug-likeness (QED) is 0.899. The predicted octanol–water partition coefficient (Wildman–Crippen LogP) is 1.88. The molecule has 2 heterocycles. The molecule has 0 unspecified atom stereocenters. The number of nitrogens with zero attached hydrogens (tertiary/aromatic N) is 3. The molecule has 1 aliphatic carbocycles. The normalized spacial score (nSPS) is 23.8. The van der Waals surface area contributed by atoms with Gasteiger partial charge in [0.25, 0.3) is 0 Å². The van der Waals surface area contributed by atoms with Gasteiger partial charge in [-0.05, 0) is 45.3 Å². The molecule has 1 spiro atoms. The molecule has 1 N–H and O–H groups in total. The number of imidazole rings is 1. The van der Waals surface area contributed by atoms with Crippen molar-refractivity contribution in [2.45, 2.75) is 50.6 Å². The van der Waals surface area contributed by atoms with Crippen LogP contribution >= 0.6 is 0 Å². The summed E-state index contributed by atoms with van der Waals surface area (Å²) in [4.78, 5) is 6.78. The monoisotopic (exact) mass is 262 g/mol. The second-order valence-corrected chi connectivity index (χ2v) is 6.20. The predicted molar refractivity (Wildman–Crippen MR) is 77.1 cm³/mol. The Morgan fingerprint density at radius 3 is 2.84 bits per heavy atom. The fourth-order valence-electron chi connectivity index (χ4n) is 3.69. The highest BCUT2D eigenvalue weighted by molar-refractivity contribution is 4.96. The van der Waals surface area contributed by atoms with Crippen molar-refractivity contribution >= 4 is 0 Å². The van der Waals surface area contributed by atoms with Crippen LogP contribution in [0.4, 0.5) is 0 Å². The van der Waals surface area contributed by atoms with Crippen molar-refractivity contribution in [3.63, 3.8) is 0 Å². The number of aromatic nitrogens is 2. The molecule has 0 amide bonds. The summed E-state index contributed by atoms with van der Waals surface area (Å²) in [6.45, 7) is 6.05. The first-order valence-corrected chi connectivity index (χ1v) is 7.80. The number of hydrogen-bond donors (Lipinski definition) is 1. The number of aryl methyl sites for hydroxylation is 1. The van der Waals surface area contributed by atoms with Gasteiger partial charge in [-0.1, -0.05) is 12.8 Å². The van der Waals surface area contributed by atoms with Crippen molar-refractivity contribution in [2.24, 2.45) is 0 Å². The van der Waals surface area contributed by atoms with Gasteiger partial charge in [0.15, 0.2) is 0 Å². The van der Waals surface area contributed by atoms with Crippen molar-refractivity contribution < 1.29 is 0 Å². The maximum absolute atomic E-state index is 4.10. The second kappa shape index (κ2) is 6.06. The summed E-state index contributed by atoms with van der Waals surface area (Å²) >= 11 is 0. The van der Waals surface area contributed by atoms with Gasteiger partial charge < -0.3 is 14.8 Å². The van der Waals surface area contributed by atoms with E-state index >= 15 is 0 Å². The Labute approximate surface area is 116 Å². The first-order chi connectivity index (χ1) is 9.36. The Kier molecular flexibility index (Phi) is 4.18. The van der Waals surface area contributed by atoms with Crippen LogP contribution in [0.2, 0.25) is 0 Å². The second-order valence-electron chi connectivity index (χ2n) is 6.20. The van der Waals surface area contributed by atoms with Crippen LogP contribution in [-0.2, 0) is 6.54 Å². The molecule has 1 saturated heterocycles. The van der Waals surface area contributed by atoms with Gasteiger partial charge >= 0.3 is 0 Å². The van der Waals surface area contributed by atoms with Crippen LogP contribution in [0.5, 0.6) is 0 Å². The third-order valence-electron chi connectivity index (χ3n) is 4.69. The van der Waals surface area contributed by atoms with Gasteiger partial charge in [0.1, 0.15) is 0 Å². The number of hydrogen-bond acceptors (Lipinski definition) is 3. The van der Waals surface area contributed by atoms with E-state index in [1.807, 2.05) is 12.5 Å². The highest BCUT2D eigenvalue weighted by atomic mass is 15.2. The zero-order valence-electron chi connectivity index (χ0n) is 11.9. The molecule has 4 nitrogen and oxygen atoms in total. The van der Waals surface area contributed by atoms with Crippen LogP contribution in [-0.4, -0.2) is 46.2 Å². The van der Waals surface area contributed by atoms with E-state index < -0.39 is 0 Å².